The van der Waals surface area contributed by atoms with E-state index in [1.54, 1.807) is 0 Å². The van der Waals surface area contributed by atoms with Crippen LogP contribution in [0.4, 0.5) is 0 Å². The van der Waals surface area contributed by atoms with Crippen LogP contribution in [-0.4, -0.2) is 50.2 Å². The van der Waals surface area contributed by atoms with Gasteiger partial charge in [0.15, 0.2) is 0 Å². The van der Waals surface area contributed by atoms with E-state index >= 15 is 0 Å². The Morgan fingerprint density at radius 3 is 2.88 bits per heavy atom. The molecule has 0 bridgehead atoms. The monoisotopic (exact) mass is 225 g/mol. The van der Waals surface area contributed by atoms with Crippen molar-refractivity contribution in [1.29, 1.82) is 0 Å². The van der Waals surface area contributed by atoms with E-state index in [0.717, 1.165) is 18.0 Å². The molecule has 3 heteroatoms. The highest BCUT2D eigenvalue weighted by atomic mass is 15.1. The second-order valence-electron chi connectivity index (χ2n) is 5.69. The molecule has 94 valence electrons. The van der Waals surface area contributed by atoms with Crippen molar-refractivity contribution in [2.45, 2.75) is 44.7 Å². The second kappa shape index (κ2) is 5.99. The van der Waals surface area contributed by atoms with Crippen LogP contribution >= 0.6 is 0 Å². The molecule has 2 fully saturated rings. The SMILES string of the molecule is CC1CN(C)CCC1NCC1CCCCN1. The molecule has 0 radical (unpaired) electrons. The van der Waals surface area contributed by atoms with Gasteiger partial charge in [0.05, 0.1) is 0 Å². The zero-order valence-corrected chi connectivity index (χ0v) is 10.8. The van der Waals surface area contributed by atoms with Gasteiger partial charge in [0.1, 0.15) is 0 Å². The standard InChI is InChI=1S/C13H27N3/c1-11-10-16(2)8-6-13(11)15-9-12-5-3-4-7-14-12/h11-15H,3-10H2,1-2H3. The van der Waals surface area contributed by atoms with Gasteiger partial charge in [-0.1, -0.05) is 13.3 Å². The molecule has 0 saturated carbocycles. The molecule has 2 saturated heterocycles. The molecule has 0 aromatic carbocycles. The van der Waals surface area contributed by atoms with E-state index < -0.39 is 0 Å². The van der Waals surface area contributed by atoms with Gasteiger partial charge in [-0.2, -0.15) is 0 Å². The molecule has 3 atom stereocenters. The van der Waals surface area contributed by atoms with Gasteiger partial charge in [-0.05, 0) is 45.3 Å². The highest BCUT2D eigenvalue weighted by Gasteiger charge is 2.24. The third kappa shape index (κ3) is 3.44. The molecular formula is C13H27N3. The lowest BCUT2D eigenvalue weighted by Crippen LogP contribution is -2.51. The maximum absolute atomic E-state index is 3.77. The van der Waals surface area contributed by atoms with Crippen LogP contribution in [0.2, 0.25) is 0 Å². The minimum atomic E-state index is 0.723. The van der Waals surface area contributed by atoms with Crippen LogP contribution in [0.25, 0.3) is 0 Å². The largest absolute Gasteiger partial charge is 0.313 e. The third-order valence-electron chi connectivity index (χ3n) is 4.15. The van der Waals surface area contributed by atoms with Crippen molar-refractivity contribution in [3.63, 3.8) is 0 Å². The number of hydrogen-bond acceptors (Lipinski definition) is 3. The van der Waals surface area contributed by atoms with Crippen molar-refractivity contribution in [1.82, 2.24) is 15.5 Å². The van der Waals surface area contributed by atoms with E-state index in [2.05, 4.69) is 29.5 Å². The Labute approximate surface area is 100.0 Å². The van der Waals surface area contributed by atoms with E-state index in [1.165, 1.54) is 51.9 Å². The smallest absolute Gasteiger partial charge is 0.0192 e. The number of likely N-dealkylation sites (tertiary alicyclic amines) is 1. The Morgan fingerprint density at radius 2 is 2.19 bits per heavy atom. The van der Waals surface area contributed by atoms with E-state index in [9.17, 15) is 0 Å². The Bertz CT molecular complexity index is 201. The molecule has 0 aromatic rings. The minimum Gasteiger partial charge on any atom is -0.313 e. The van der Waals surface area contributed by atoms with Crippen LogP contribution in [0.15, 0.2) is 0 Å². The summed E-state index contributed by atoms with van der Waals surface area (Å²) in [4.78, 5) is 2.45. The Hall–Kier alpha value is -0.120. The fourth-order valence-corrected chi connectivity index (χ4v) is 3.05. The van der Waals surface area contributed by atoms with E-state index in [4.69, 9.17) is 0 Å². The van der Waals surface area contributed by atoms with Gasteiger partial charge >= 0.3 is 0 Å². The topological polar surface area (TPSA) is 27.3 Å². The van der Waals surface area contributed by atoms with Crippen LogP contribution in [0.5, 0.6) is 0 Å². The first-order valence-corrected chi connectivity index (χ1v) is 6.91. The van der Waals surface area contributed by atoms with Crippen molar-refractivity contribution < 1.29 is 0 Å². The van der Waals surface area contributed by atoms with Crippen LogP contribution in [-0.2, 0) is 0 Å². The molecule has 0 amide bonds. The summed E-state index contributed by atoms with van der Waals surface area (Å²) in [5.41, 5.74) is 0. The molecule has 2 heterocycles. The lowest BCUT2D eigenvalue weighted by atomic mass is 9.93. The maximum atomic E-state index is 3.77. The van der Waals surface area contributed by atoms with Gasteiger partial charge < -0.3 is 15.5 Å². The summed E-state index contributed by atoms with van der Waals surface area (Å²) in [5.74, 6) is 0.794. The van der Waals surface area contributed by atoms with Crippen molar-refractivity contribution >= 4 is 0 Å². The number of nitrogens with one attached hydrogen (secondary N) is 2. The van der Waals surface area contributed by atoms with Crippen LogP contribution < -0.4 is 10.6 Å². The summed E-state index contributed by atoms with van der Waals surface area (Å²) in [7, 11) is 2.23. The number of piperidine rings is 2. The van der Waals surface area contributed by atoms with E-state index in [-0.39, 0.29) is 0 Å². The first-order chi connectivity index (χ1) is 7.75. The molecule has 2 rings (SSSR count). The van der Waals surface area contributed by atoms with Crippen molar-refractivity contribution in [3.8, 4) is 0 Å². The van der Waals surface area contributed by atoms with Crippen molar-refractivity contribution in [2.24, 2.45) is 5.92 Å². The Kier molecular flexibility index (Phi) is 4.62. The molecule has 0 aliphatic carbocycles. The van der Waals surface area contributed by atoms with Gasteiger partial charge in [0.2, 0.25) is 0 Å². The molecule has 2 aliphatic heterocycles. The predicted molar refractivity (Wildman–Crippen MR) is 68.7 cm³/mol. The number of rotatable bonds is 3. The van der Waals surface area contributed by atoms with E-state index in [0.29, 0.717) is 0 Å². The van der Waals surface area contributed by atoms with Crippen molar-refractivity contribution in [3.05, 3.63) is 0 Å². The molecular weight excluding hydrogens is 198 g/mol. The lowest BCUT2D eigenvalue weighted by Gasteiger charge is -2.36. The fraction of sp³-hybridized carbons (Fsp3) is 1.00. The summed E-state index contributed by atoms with van der Waals surface area (Å²) < 4.78 is 0. The first kappa shape index (κ1) is 12.3. The van der Waals surface area contributed by atoms with Crippen LogP contribution in [0.3, 0.4) is 0 Å². The average molecular weight is 225 g/mol. The zero-order valence-electron chi connectivity index (χ0n) is 10.8. The summed E-state index contributed by atoms with van der Waals surface area (Å²) in [5, 5.41) is 7.38. The summed E-state index contributed by atoms with van der Waals surface area (Å²) in [6, 6.07) is 1.46. The van der Waals surface area contributed by atoms with Gasteiger partial charge in [-0.3, -0.25) is 0 Å². The van der Waals surface area contributed by atoms with Gasteiger partial charge in [-0.15, -0.1) is 0 Å². The maximum Gasteiger partial charge on any atom is 0.0192 e. The molecule has 0 spiro atoms. The zero-order chi connectivity index (χ0) is 11.4. The minimum absolute atomic E-state index is 0.723. The molecule has 2 aliphatic rings. The summed E-state index contributed by atoms with van der Waals surface area (Å²) in [6.07, 6.45) is 5.43. The molecule has 3 unspecified atom stereocenters. The molecule has 2 N–H and O–H groups in total. The van der Waals surface area contributed by atoms with Crippen LogP contribution in [0, 0.1) is 5.92 Å². The van der Waals surface area contributed by atoms with Crippen LogP contribution in [0.1, 0.15) is 32.6 Å². The third-order valence-corrected chi connectivity index (χ3v) is 4.15. The van der Waals surface area contributed by atoms with Crippen molar-refractivity contribution in [2.75, 3.05) is 33.2 Å². The van der Waals surface area contributed by atoms with Gasteiger partial charge in [0, 0.05) is 25.2 Å². The predicted octanol–water partition coefficient (Wildman–Crippen LogP) is 1.06. The first-order valence-electron chi connectivity index (χ1n) is 6.91. The second-order valence-corrected chi connectivity index (χ2v) is 5.69. The summed E-state index contributed by atoms with van der Waals surface area (Å²) >= 11 is 0. The molecule has 3 nitrogen and oxygen atoms in total. The lowest BCUT2D eigenvalue weighted by molar-refractivity contribution is 0.171. The highest BCUT2D eigenvalue weighted by Crippen LogP contribution is 2.15. The average Bonchev–Trinajstić information content (AvgIpc) is 2.29. The summed E-state index contributed by atoms with van der Waals surface area (Å²) in [6.45, 7) is 7.26. The van der Waals surface area contributed by atoms with E-state index in [1.807, 2.05) is 0 Å². The molecule has 0 aromatic heterocycles. The fourth-order valence-electron chi connectivity index (χ4n) is 3.05. The number of nitrogens with zero attached hydrogens (tertiary/aromatic N) is 1. The Balaban J connectivity index is 1.68. The quantitative estimate of drug-likeness (QED) is 0.752. The van der Waals surface area contributed by atoms with Gasteiger partial charge in [-0.25, -0.2) is 0 Å². The normalized spacial score (nSPS) is 37.5. The number of hydrogen-bond donors (Lipinski definition) is 2. The molecule has 16 heavy (non-hydrogen) atoms. The Morgan fingerprint density at radius 1 is 1.31 bits per heavy atom. The van der Waals surface area contributed by atoms with Gasteiger partial charge in [0.25, 0.3) is 0 Å². The highest BCUT2D eigenvalue weighted by molar-refractivity contribution is 4.84.